The van der Waals surface area contributed by atoms with Crippen LogP contribution in [0, 0.1) is 5.92 Å². The van der Waals surface area contributed by atoms with Gasteiger partial charge in [-0.25, -0.2) is 9.98 Å². The zero-order valence-corrected chi connectivity index (χ0v) is 19.8. The Balaban J connectivity index is 0.00000256. The second-order valence-electron chi connectivity index (χ2n) is 7.51. The van der Waals surface area contributed by atoms with E-state index in [1.807, 2.05) is 48.3 Å². The van der Waals surface area contributed by atoms with Crippen LogP contribution >= 0.6 is 24.0 Å². The summed E-state index contributed by atoms with van der Waals surface area (Å²) in [5.74, 6) is 2.21. The minimum Gasteiger partial charge on any atom is -0.444 e. The van der Waals surface area contributed by atoms with Crippen molar-refractivity contribution in [3.63, 3.8) is 0 Å². The number of halogens is 1. The van der Waals surface area contributed by atoms with Crippen LogP contribution in [0.5, 0.6) is 0 Å². The van der Waals surface area contributed by atoms with Gasteiger partial charge < -0.3 is 14.6 Å². The number of benzene rings is 1. The van der Waals surface area contributed by atoms with Crippen LogP contribution in [0.4, 0.5) is 0 Å². The summed E-state index contributed by atoms with van der Waals surface area (Å²) in [7, 11) is 1.97. The van der Waals surface area contributed by atoms with Gasteiger partial charge >= 0.3 is 0 Å². The summed E-state index contributed by atoms with van der Waals surface area (Å²) in [6.45, 7) is 5.47. The minimum atomic E-state index is 0. The van der Waals surface area contributed by atoms with Crippen molar-refractivity contribution >= 4 is 29.9 Å². The molecule has 1 aliphatic rings. The molecule has 0 spiro atoms. The number of hydrogen-bond donors (Lipinski definition) is 1. The molecule has 1 saturated heterocycles. The number of aliphatic imine (C=N–C) groups is 1. The molecule has 1 fully saturated rings. The first-order valence-corrected chi connectivity index (χ1v) is 10.2. The summed E-state index contributed by atoms with van der Waals surface area (Å²) in [4.78, 5) is 11.7. The molecule has 2 aromatic heterocycles. The third kappa shape index (κ3) is 5.62. The van der Waals surface area contributed by atoms with Gasteiger partial charge in [0.25, 0.3) is 0 Å². The van der Waals surface area contributed by atoms with E-state index in [1.165, 1.54) is 12.0 Å². The number of nitrogens with one attached hydrogen (secondary N) is 1. The Labute approximate surface area is 194 Å². The van der Waals surface area contributed by atoms with Gasteiger partial charge in [0.2, 0.25) is 5.89 Å². The van der Waals surface area contributed by atoms with Crippen molar-refractivity contribution < 1.29 is 4.42 Å². The molecule has 0 aliphatic carbocycles. The van der Waals surface area contributed by atoms with Gasteiger partial charge in [-0.2, -0.15) is 5.10 Å². The molecule has 8 heteroatoms. The summed E-state index contributed by atoms with van der Waals surface area (Å²) in [6.07, 6.45) is 8.01. The number of hydrogen-bond acceptors (Lipinski definition) is 4. The highest BCUT2D eigenvalue weighted by molar-refractivity contribution is 14.0. The fraction of sp³-hybridized carbons (Fsp3) is 0.409. The lowest BCUT2D eigenvalue weighted by molar-refractivity contribution is 0.459. The molecule has 3 aromatic rings. The first kappa shape index (κ1) is 22.3. The maximum atomic E-state index is 5.63. The first-order valence-electron chi connectivity index (χ1n) is 10.2. The molecule has 1 N–H and O–H groups in total. The number of aryl methyl sites for hydroxylation is 1. The largest absolute Gasteiger partial charge is 0.444 e. The van der Waals surface area contributed by atoms with Crippen LogP contribution in [0.3, 0.4) is 0 Å². The van der Waals surface area contributed by atoms with E-state index < -0.39 is 0 Å². The quantitative estimate of drug-likeness (QED) is 0.305. The molecule has 160 valence electrons. The molecule has 4 rings (SSSR count). The lowest BCUT2D eigenvalue weighted by atomic mass is 10.0. The monoisotopic (exact) mass is 520 g/mol. The summed E-state index contributed by atoms with van der Waals surface area (Å²) < 4.78 is 7.50. The SMILES string of the molecule is CCNC(=NCc1coc(-c2ccccc2)n1)N1CCC(Cc2cnn(C)c2)C1.I. The summed E-state index contributed by atoms with van der Waals surface area (Å²) in [6, 6.07) is 9.94. The van der Waals surface area contributed by atoms with Crippen molar-refractivity contribution in [1.82, 2.24) is 25.0 Å². The van der Waals surface area contributed by atoms with Crippen molar-refractivity contribution in [3.8, 4) is 11.5 Å². The van der Waals surface area contributed by atoms with Crippen molar-refractivity contribution in [2.75, 3.05) is 19.6 Å². The molecule has 1 aromatic carbocycles. The van der Waals surface area contributed by atoms with Crippen molar-refractivity contribution in [2.24, 2.45) is 18.0 Å². The average molecular weight is 520 g/mol. The Morgan fingerprint density at radius 3 is 2.87 bits per heavy atom. The molecule has 1 unspecified atom stereocenters. The zero-order chi connectivity index (χ0) is 20.1. The molecule has 0 bridgehead atoms. The average Bonchev–Trinajstić information content (AvgIpc) is 3.48. The van der Waals surface area contributed by atoms with E-state index >= 15 is 0 Å². The molecule has 0 radical (unpaired) electrons. The summed E-state index contributed by atoms with van der Waals surface area (Å²) in [5, 5.41) is 7.70. The number of nitrogens with zero attached hydrogens (tertiary/aromatic N) is 5. The van der Waals surface area contributed by atoms with E-state index in [2.05, 4.69) is 33.4 Å². The van der Waals surface area contributed by atoms with E-state index in [4.69, 9.17) is 9.41 Å². The van der Waals surface area contributed by atoms with E-state index in [-0.39, 0.29) is 24.0 Å². The summed E-state index contributed by atoms with van der Waals surface area (Å²) in [5.41, 5.74) is 3.12. The molecular formula is C22H29IN6O. The van der Waals surface area contributed by atoms with Gasteiger partial charge in [-0.1, -0.05) is 18.2 Å². The van der Waals surface area contributed by atoms with Gasteiger partial charge in [0.05, 0.1) is 12.7 Å². The fourth-order valence-electron chi connectivity index (χ4n) is 3.78. The van der Waals surface area contributed by atoms with Crippen LogP contribution in [-0.4, -0.2) is 45.3 Å². The number of guanidine groups is 1. The lowest BCUT2D eigenvalue weighted by Gasteiger charge is -2.21. The Kier molecular flexibility index (Phi) is 7.89. The molecule has 1 aliphatic heterocycles. The van der Waals surface area contributed by atoms with Crippen LogP contribution < -0.4 is 5.32 Å². The van der Waals surface area contributed by atoms with Gasteiger partial charge in [-0.15, -0.1) is 24.0 Å². The normalized spacial score (nSPS) is 16.5. The number of rotatable bonds is 6. The molecule has 7 nitrogen and oxygen atoms in total. The number of likely N-dealkylation sites (tertiary alicyclic amines) is 1. The molecule has 1 atom stereocenters. The molecule has 30 heavy (non-hydrogen) atoms. The molecule has 0 amide bonds. The predicted molar refractivity (Wildman–Crippen MR) is 129 cm³/mol. The second kappa shape index (κ2) is 10.6. The van der Waals surface area contributed by atoms with E-state index in [1.54, 1.807) is 6.26 Å². The lowest BCUT2D eigenvalue weighted by Crippen LogP contribution is -2.40. The first-order chi connectivity index (χ1) is 14.2. The highest BCUT2D eigenvalue weighted by Crippen LogP contribution is 2.21. The highest BCUT2D eigenvalue weighted by Gasteiger charge is 2.25. The van der Waals surface area contributed by atoms with Crippen LogP contribution in [0.25, 0.3) is 11.5 Å². The van der Waals surface area contributed by atoms with Gasteiger partial charge in [-0.05, 0) is 43.4 Å². The van der Waals surface area contributed by atoms with Gasteiger partial charge in [-0.3, -0.25) is 4.68 Å². The Hall–Kier alpha value is -2.36. The Bertz CT molecular complexity index is 951. The van der Waals surface area contributed by atoms with Gasteiger partial charge in [0, 0.05) is 38.4 Å². The Morgan fingerprint density at radius 2 is 2.13 bits per heavy atom. The second-order valence-corrected chi connectivity index (χ2v) is 7.51. The van der Waals surface area contributed by atoms with Crippen LogP contribution in [0.2, 0.25) is 0 Å². The molecular weight excluding hydrogens is 491 g/mol. The standard InChI is InChI=1S/C22H28N6O.HI/c1-3-23-22(28-10-9-17(15-28)11-18-12-25-27(2)14-18)24-13-20-16-29-21(26-20)19-7-5-4-6-8-19;/h4-8,12,14,16-17H,3,9-11,13,15H2,1-2H3,(H,23,24);1H. The van der Waals surface area contributed by atoms with Crippen LogP contribution in [0.15, 0.2) is 58.4 Å². The molecule has 3 heterocycles. The topological polar surface area (TPSA) is 71.5 Å². The summed E-state index contributed by atoms with van der Waals surface area (Å²) >= 11 is 0. The van der Waals surface area contributed by atoms with Crippen LogP contribution in [0.1, 0.15) is 24.6 Å². The van der Waals surface area contributed by atoms with E-state index in [9.17, 15) is 0 Å². The van der Waals surface area contributed by atoms with E-state index in [0.717, 1.165) is 43.3 Å². The smallest absolute Gasteiger partial charge is 0.226 e. The Morgan fingerprint density at radius 1 is 1.30 bits per heavy atom. The maximum absolute atomic E-state index is 5.63. The van der Waals surface area contributed by atoms with E-state index in [0.29, 0.717) is 18.4 Å². The minimum absolute atomic E-state index is 0. The third-order valence-corrected chi connectivity index (χ3v) is 5.17. The zero-order valence-electron chi connectivity index (χ0n) is 17.5. The van der Waals surface area contributed by atoms with Crippen molar-refractivity contribution in [1.29, 1.82) is 0 Å². The fourth-order valence-corrected chi connectivity index (χ4v) is 3.78. The maximum Gasteiger partial charge on any atom is 0.226 e. The van der Waals surface area contributed by atoms with Crippen LogP contribution in [-0.2, 0) is 20.0 Å². The predicted octanol–water partition coefficient (Wildman–Crippen LogP) is 3.72. The number of aromatic nitrogens is 3. The van der Waals surface area contributed by atoms with Crippen molar-refractivity contribution in [2.45, 2.75) is 26.3 Å². The van der Waals surface area contributed by atoms with Gasteiger partial charge in [0.15, 0.2) is 5.96 Å². The molecule has 0 saturated carbocycles. The van der Waals surface area contributed by atoms with Crippen molar-refractivity contribution in [3.05, 3.63) is 60.2 Å². The number of oxazole rings is 1. The van der Waals surface area contributed by atoms with Gasteiger partial charge in [0.1, 0.15) is 12.0 Å². The highest BCUT2D eigenvalue weighted by atomic mass is 127. The third-order valence-electron chi connectivity index (χ3n) is 5.17.